The molecule has 0 aromatic rings. The maximum atomic E-state index is 14.0. The lowest BCUT2D eigenvalue weighted by atomic mass is 9.80. The molecule has 0 N–H and O–H groups in total. The van der Waals surface area contributed by atoms with Gasteiger partial charge in [-0.3, -0.25) is 4.79 Å². The number of hydrogen-bond acceptors (Lipinski definition) is 2. The number of esters is 1. The maximum absolute atomic E-state index is 14.0. The van der Waals surface area contributed by atoms with Crippen LogP contribution in [0.25, 0.3) is 0 Å². The van der Waals surface area contributed by atoms with E-state index in [0.29, 0.717) is 18.8 Å². The predicted octanol–water partition coefficient (Wildman–Crippen LogP) is 5.64. The number of ether oxygens (including phenoxy) is 1. The van der Waals surface area contributed by atoms with Gasteiger partial charge in [-0.2, -0.15) is 17.6 Å². The van der Waals surface area contributed by atoms with Crippen LogP contribution >= 0.6 is 0 Å². The summed E-state index contributed by atoms with van der Waals surface area (Å²) in [5, 5.41) is 0. The first kappa shape index (κ1) is 19.0. The lowest BCUT2D eigenvalue weighted by Crippen LogP contribution is -2.46. The van der Waals surface area contributed by atoms with Gasteiger partial charge in [0.15, 0.2) is 5.76 Å². The van der Waals surface area contributed by atoms with Crippen molar-refractivity contribution in [3.8, 4) is 0 Å². The van der Waals surface area contributed by atoms with Gasteiger partial charge >= 0.3 is 17.8 Å². The first-order valence-corrected chi connectivity index (χ1v) is 8.63. The van der Waals surface area contributed by atoms with Crippen LogP contribution in [0.5, 0.6) is 0 Å². The van der Waals surface area contributed by atoms with E-state index in [9.17, 15) is 22.4 Å². The van der Waals surface area contributed by atoms with Crippen molar-refractivity contribution in [3.05, 3.63) is 23.5 Å². The third-order valence-corrected chi connectivity index (χ3v) is 5.01. The number of carbonyl (C=O) groups excluding carboxylic acids is 1. The van der Waals surface area contributed by atoms with E-state index in [1.165, 1.54) is 6.92 Å². The van der Waals surface area contributed by atoms with E-state index in [4.69, 9.17) is 4.74 Å². The SMILES string of the molecule is CCCC1CCC(C(=O)OC2=CC=C(CC)C(F)(F)C2(F)F)CC1. The molecule has 0 atom stereocenters. The summed E-state index contributed by atoms with van der Waals surface area (Å²) in [7, 11) is 0. The topological polar surface area (TPSA) is 26.3 Å². The van der Waals surface area contributed by atoms with Crippen molar-refractivity contribution in [3.63, 3.8) is 0 Å². The third-order valence-electron chi connectivity index (χ3n) is 5.01. The molecule has 136 valence electrons. The van der Waals surface area contributed by atoms with Gasteiger partial charge in [0.25, 0.3) is 0 Å². The number of rotatable bonds is 5. The van der Waals surface area contributed by atoms with E-state index in [1.54, 1.807) is 0 Å². The predicted molar refractivity (Wildman–Crippen MR) is 82.8 cm³/mol. The summed E-state index contributed by atoms with van der Waals surface area (Å²) in [6.07, 6.45) is 6.51. The van der Waals surface area contributed by atoms with Gasteiger partial charge in [-0.15, -0.1) is 0 Å². The van der Waals surface area contributed by atoms with E-state index in [2.05, 4.69) is 6.92 Å². The Balaban J connectivity index is 2.04. The highest BCUT2D eigenvalue weighted by molar-refractivity contribution is 5.74. The van der Waals surface area contributed by atoms with Crippen LogP contribution in [-0.2, 0) is 9.53 Å². The van der Waals surface area contributed by atoms with Crippen LogP contribution < -0.4 is 0 Å². The monoisotopic (exact) mass is 348 g/mol. The van der Waals surface area contributed by atoms with Gasteiger partial charge < -0.3 is 4.74 Å². The van der Waals surface area contributed by atoms with Crippen LogP contribution in [0.4, 0.5) is 17.6 Å². The van der Waals surface area contributed by atoms with E-state index in [-0.39, 0.29) is 6.42 Å². The summed E-state index contributed by atoms with van der Waals surface area (Å²) >= 11 is 0. The van der Waals surface area contributed by atoms with Gasteiger partial charge in [-0.05, 0) is 44.1 Å². The standard InChI is InChI=1S/C18H24F4O2/c1-3-5-12-6-8-13(9-7-12)16(23)24-15-11-10-14(4-2)17(19,20)18(15,21)22/h10-13H,3-9H2,1-2H3. The molecule has 0 amide bonds. The fourth-order valence-corrected chi connectivity index (χ4v) is 3.47. The molecule has 0 bridgehead atoms. The van der Waals surface area contributed by atoms with Crippen molar-refractivity contribution in [1.82, 2.24) is 0 Å². The van der Waals surface area contributed by atoms with Crippen molar-refractivity contribution in [2.24, 2.45) is 11.8 Å². The van der Waals surface area contributed by atoms with Crippen molar-refractivity contribution in [1.29, 1.82) is 0 Å². The average molecular weight is 348 g/mol. The lowest BCUT2D eigenvalue weighted by Gasteiger charge is -2.33. The Bertz CT molecular complexity index is 529. The Kier molecular flexibility index (Phi) is 5.76. The Morgan fingerprint density at radius 1 is 1.08 bits per heavy atom. The third kappa shape index (κ3) is 3.52. The average Bonchev–Trinajstić information content (AvgIpc) is 2.53. The van der Waals surface area contributed by atoms with Gasteiger partial charge in [-0.25, -0.2) is 0 Å². The van der Waals surface area contributed by atoms with Crippen LogP contribution in [0.2, 0.25) is 0 Å². The smallest absolute Gasteiger partial charge is 0.370 e. The Hall–Kier alpha value is -1.33. The molecule has 2 aliphatic rings. The molecule has 24 heavy (non-hydrogen) atoms. The first-order chi connectivity index (χ1) is 11.2. The summed E-state index contributed by atoms with van der Waals surface area (Å²) in [5.41, 5.74) is -0.660. The molecular weight excluding hydrogens is 324 g/mol. The molecule has 2 nitrogen and oxygen atoms in total. The number of hydrogen-bond donors (Lipinski definition) is 0. The molecule has 0 saturated heterocycles. The summed E-state index contributed by atoms with van der Waals surface area (Å²) < 4.78 is 60.5. The van der Waals surface area contributed by atoms with Gasteiger partial charge in [0.2, 0.25) is 0 Å². The molecule has 1 fully saturated rings. The normalized spacial score (nSPS) is 28.8. The molecular formula is C18H24F4O2. The molecule has 0 aromatic heterocycles. The zero-order valence-electron chi connectivity index (χ0n) is 14.1. The minimum atomic E-state index is -4.50. The lowest BCUT2D eigenvalue weighted by molar-refractivity contribution is -0.192. The number of alkyl halides is 4. The van der Waals surface area contributed by atoms with Crippen molar-refractivity contribution in [2.75, 3.05) is 0 Å². The minimum Gasteiger partial charge on any atom is -0.424 e. The second kappa shape index (κ2) is 7.28. The van der Waals surface area contributed by atoms with Crippen LogP contribution in [0.3, 0.4) is 0 Å². The van der Waals surface area contributed by atoms with E-state index in [0.717, 1.165) is 37.8 Å². The van der Waals surface area contributed by atoms with E-state index in [1.807, 2.05) is 0 Å². The molecule has 2 rings (SSSR count). The molecule has 0 aromatic carbocycles. The Morgan fingerprint density at radius 3 is 2.25 bits per heavy atom. The fourth-order valence-electron chi connectivity index (χ4n) is 3.47. The van der Waals surface area contributed by atoms with Gasteiger partial charge in [0.05, 0.1) is 5.92 Å². The van der Waals surface area contributed by atoms with Crippen LogP contribution in [-0.4, -0.2) is 17.8 Å². The molecule has 0 heterocycles. The van der Waals surface area contributed by atoms with Crippen LogP contribution in [0.15, 0.2) is 23.5 Å². The van der Waals surface area contributed by atoms with Crippen molar-refractivity contribution >= 4 is 5.97 Å². The fraction of sp³-hybridized carbons (Fsp3) is 0.722. The maximum Gasteiger partial charge on any atom is 0.370 e. The zero-order valence-corrected chi connectivity index (χ0v) is 14.1. The molecule has 0 spiro atoms. The zero-order chi connectivity index (χ0) is 18.0. The minimum absolute atomic E-state index is 0.193. The van der Waals surface area contributed by atoms with E-state index >= 15 is 0 Å². The molecule has 2 aliphatic carbocycles. The van der Waals surface area contributed by atoms with Gasteiger partial charge in [-0.1, -0.05) is 32.8 Å². The molecule has 0 radical (unpaired) electrons. The number of carbonyl (C=O) groups is 1. The summed E-state index contributed by atoms with van der Waals surface area (Å²) in [6.45, 7) is 3.48. The first-order valence-electron chi connectivity index (χ1n) is 8.63. The summed E-state index contributed by atoms with van der Waals surface area (Å²) in [4.78, 5) is 12.1. The van der Waals surface area contributed by atoms with Crippen LogP contribution in [0.1, 0.15) is 58.8 Å². The Morgan fingerprint density at radius 2 is 1.71 bits per heavy atom. The highest BCUT2D eigenvalue weighted by Crippen LogP contribution is 2.48. The van der Waals surface area contributed by atoms with Crippen LogP contribution in [0, 0.1) is 11.8 Å². The van der Waals surface area contributed by atoms with Crippen molar-refractivity contribution < 1.29 is 27.1 Å². The molecule has 6 heteroatoms. The molecule has 0 aliphatic heterocycles. The second-order valence-corrected chi connectivity index (χ2v) is 6.65. The number of halogens is 4. The van der Waals surface area contributed by atoms with Gasteiger partial charge in [0, 0.05) is 5.57 Å². The highest BCUT2D eigenvalue weighted by Gasteiger charge is 2.63. The quantitative estimate of drug-likeness (QED) is 0.475. The molecule has 0 unspecified atom stereocenters. The number of allylic oxidation sites excluding steroid dienone is 4. The van der Waals surface area contributed by atoms with Gasteiger partial charge in [0.1, 0.15) is 0 Å². The van der Waals surface area contributed by atoms with Crippen molar-refractivity contribution in [2.45, 2.75) is 70.6 Å². The summed E-state index contributed by atoms with van der Waals surface area (Å²) in [6, 6.07) is 0. The van der Waals surface area contributed by atoms with E-state index < -0.39 is 35.1 Å². The Labute approximate surface area is 139 Å². The second-order valence-electron chi connectivity index (χ2n) is 6.65. The highest BCUT2D eigenvalue weighted by atomic mass is 19.3. The summed E-state index contributed by atoms with van der Waals surface area (Å²) in [5.74, 6) is -10.8. The largest absolute Gasteiger partial charge is 0.424 e. The molecule has 1 saturated carbocycles.